The Kier molecular flexibility index (Phi) is 4.54. The molecule has 0 radical (unpaired) electrons. The highest BCUT2D eigenvalue weighted by Gasteiger charge is 2.11. The lowest BCUT2D eigenvalue weighted by Gasteiger charge is -2.06. The number of rotatable bonds is 3. The van der Waals surface area contributed by atoms with Gasteiger partial charge in [0.1, 0.15) is 0 Å². The minimum absolute atomic E-state index is 0. The molecule has 0 saturated heterocycles. The molecule has 0 aliphatic heterocycles. The van der Waals surface area contributed by atoms with Crippen molar-refractivity contribution in [3.63, 3.8) is 0 Å². The van der Waals surface area contributed by atoms with Crippen LogP contribution in [0.25, 0.3) is 10.9 Å². The lowest BCUT2D eigenvalue weighted by Crippen LogP contribution is -2.02. The van der Waals surface area contributed by atoms with Gasteiger partial charge in [-0.1, -0.05) is 24.9 Å². The number of nitrogens with zero attached hydrogens (tertiary/aromatic N) is 2. The van der Waals surface area contributed by atoms with E-state index in [1.807, 2.05) is 12.1 Å². The summed E-state index contributed by atoms with van der Waals surface area (Å²) >= 11 is 6.04. The Balaban J connectivity index is 0.00000144. The largest absolute Gasteiger partial charge is 0.344 e. The molecule has 0 unspecified atom stereocenters. The summed E-state index contributed by atoms with van der Waals surface area (Å²) in [6.45, 7) is 6.47. The summed E-state index contributed by atoms with van der Waals surface area (Å²) in [7, 11) is 0. The van der Waals surface area contributed by atoms with E-state index < -0.39 is 0 Å². The van der Waals surface area contributed by atoms with Crippen LogP contribution in [0, 0.1) is 0 Å². The van der Waals surface area contributed by atoms with Crippen LogP contribution in [0.1, 0.15) is 38.9 Å². The third kappa shape index (κ3) is 2.61. The first-order chi connectivity index (χ1) is 7.63. The van der Waals surface area contributed by atoms with Crippen molar-refractivity contribution < 1.29 is 0 Å². The molecule has 0 saturated carbocycles. The summed E-state index contributed by atoms with van der Waals surface area (Å²) in [5, 5.41) is 6.66. The molecule has 2 aromatic rings. The van der Waals surface area contributed by atoms with Crippen LogP contribution in [-0.4, -0.2) is 9.78 Å². The van der Waals surface area contributed by atoms with Crippen molar-refractivity contribution in [1.29, 1.82) is 0 Å². The Bertz CT molecular complexity index is 503. The highest BCUT2D eigenvalue weighted by Crippen LogP contribution is 2.25. The van der Waals surface area contributed by atoms with Gasteiger partial charge < -0.3 is 6.15 Å². The van der Waals surface area contributed by atoms with Gasteiger partial charge in [0.15, 0.2) is 0 Å². The van der Waals surface area contributed by atoms with Gasteiger partial charge in [0.25, 0.3) is 0 Å². The van der Waals surface area contributed by atoms with Gasteiger partial charge >= 0.3 is 0 Å². The molecule has 0 atom stereocenters. The number of hydrogen-bond donors (Lipinski definition) is 1. The molecule has 0 bridgehead atoms. The topological polar surface area (TPSA) is 52.8 Å². The molecule has 3 nitrogen and oxygen atoms in total. The van der Waals surface area contributed by atoms with Crippen molar-refractivity contribution in [3.8, 4) is 0 Å². The van der Waals surface area contributed by atoms with E-state index in [-0.39, 0.29) is 6.15 Å². The first-order valence-corrected chi connectivity index (χ1v) is 6.18. The SMILES string of the molecule is CCCc1nn(C(C)C)c2ccc(Cl)cc12.N. The average Bonchev–Trinajstić information content (AvgIpc) is 2.58. The second-order valence-electron chi connectivity index (χ2n) is 4.40. The predicted molar refractivity (Wildman–Crippen MR) is 74.1 cm³/mol. The van der Waals surface area contributed by atoms with Gasteiger partial charge in [-0.15, -0.1) is 0 Å². The minimum Gasteiger partial charge on any atom is -0.344 e. The third-order valence-electron chi connectivity index (χ3n) is 2.72. The van der Waals surface area contributed by atoms with Crippen LogP contribution >= 0.6 is 11.6 Å². The zero-order valence-electron chi connectivity index (χ0n) is 10.7. The number of fused-ring (bicyclic) bond motifs is 1. The van der Waals surface area contributed by atoms with Gasteiger partial charge in [-0.3, -0.25) is 4.68 Å². The average molecular weight is 254 g/mol. The number of aromatic nitrogens is 2. The van der Waals surface area contributed by atoms with Crippen LogP contribution in [0.5, 0.6) is 0 Å². The number of hydrogen-bond acceptors (Lipinski definition) is 2. The van der Waals surface area contributed by atoms with E-state index in [2.05, 4.69) is 36.6 Å². The molecular weight excluding hydrogens is 234 g/mol. The molecule has 1 heterocycles. The summed E-state index contributed by atoms with van der Waals surface area (Å²) in [6, 6.07) is 6.40. The lowest BCUT2D eigenvalue weighted by atomic mass is 10.1. The zero-order valence-corrected chi connectivity index (χ0v) is 11.5. The molecule has 0 spiro atoms. The summed E-state index contributed by atoms with van der Waals surface area (Å²) in [4.78, 5) is 0. The molecule has 3 N–H and O–H groups in total. The van der Waals surface area contributed by atoms with Gasteiger partial charge in [-0.2, -0.15) is 5.10 Å². The Hall–Kier alpha value is -1.06. The van der Waals surface area contributed by atoms with Crippen molar-refractivity contribution in [2.45, 2.75) is 39.7 Å². The third-order valence-corrected chi connectivity index (χ3v) is 2.96. The van der Waals surface area contributed by atoms with E-state index >= 15 is 0 Å². The van der Waals surface area contributed by atoms with Crippen molar-refractivity contribution in [2.75, 3.05) is 0 Å². The molecule has 4 heteroatoms. The van der Waals surface area contributed by atoms with E-state index in [0.29, 0.717) is 6.04 Å². The van der Waals surface area contributed by atoms with E-state index in [4.69, 9.17) is 11.6 Å². The maximum atomic E-state index is 6.04. The summed E-state index contributed by atoms with van der Waals surface area (Å²) < 4.78 is 2.08. The normalized spacial score (nSPS) is 10.9. The summed E-state index contributed by atoms with van der Waals surface area (Å²) in [5.41, 5.74) is 2.34. The molecule has 94 valence electrons. The van der Waals surface area contributed by atoms with Crippen LogP contribution in [0.2, 0.25) is 5.02 Å². The molecule has 1 aromatic carbocycles. The Morgan fingerprint density at radius 3 is 2.65 bits per heavy atom. The number of halogens is 1. The summed E-state index contributed by atoms with van der Waals surface area (Å²) in [6.07, 6.45) is 2.12. The molecular formula is C13H20ClN3. The molecule has 2 rings (SSSR count). The predicted octanol–water partition coefficient (Wildman–Crippen LogP) is 4.39. The van der Waals surface area contributed by atoms with Crippen LogP contribution < -0.4 is 6.15 Å². The van der Waals surface area contributed by atoms with E-state index in [9.17, 15) is 0 Å². The van der Waals surface area contributed by atoms with Gasteiger partial charge in [0.2, 0.25) is 0 Å². The number of benzene rings is 1. The highest BCUT2D eigenvalue weighted by atomic mass is 35.5. The van der Waals surface area contributed by atoms with Crippen LogP contribution in [0.15, 0.2) is 18.2 Å². The zero-order chi connectivity index (χ0) is 11.7. The molecule has 0 fully saturated rings. The van der Waals surface area contributed by atoms with Crippen molar-refractivity contribution in [3.05, 3.63) is 28.9 Å². The van der Waals surface area contributed by atoms with Gasteiger partial charge in [0.05, 0.1) is 11.2 Å². The molecule has 0 aliphatic rings. The molecule has 1 aromatic heterocycles. The molecule has 0 aliphatic carbocycles. The fourth-order valence-corrected chi connectivity index (χ4v) is 2.16. The van der Waals surface area contributed by atoms with Gasteiger partial charge in [-0.05, 0) is 38.5 Å². The quantitative estimate of drug-likeness (QED) is 0.882. The second-order valence-corrected chi connectivity index (χ2v) is 4.83. The maximum absolute atomic E-state index is 6.04. The van der Waals surface area contributed by atoms with E-state index in [0.717, 1.165) is 23.6 Å². The van der Waals surface area contributed by atoms with Crippen molar-refractivity contribution >= 4 is 22.5 Å². The van der Waals surface area contributed by atoms with E-state index in [1.54, 1.807) is 0 Å². The lowest BCUT2D eigenvalue weighted by molar-refractivity contribution is 0.543. The fourth-order valence-electron chi connectivity index (χ4n) is 1.99. The van der Waals surface area contributed by atoms with Crippen LogP contribution in [0.3, 0.4) is 0 Å². The Morgan fingerprint density at radius 1 is 1.35 bits per heavy atom. The fraction of sp³-hybridized carbons (Fsp3) is 0.462. The van der Waals surface area contributed by atoms with Crippen LogP contribution in [0.4, 0.5) is 0 Å². The van der Waals surface area contributed by atoms with Crippen molar-refractivity contribution in [1.82, 2.24) is 15.9 Å². The van der Waals surface area contributed by atoms with Gasteiger partial charge in [-0.25, -0.2) is 0 Å². The Labute approximate surface area is 107 Å². The maximum Gasteiger partial charge on any atom is 0.0703 e. The monoisotopic (exact) mass is 253 g/mol. The molecule has 17 heavy (non-hydrogen) atoms. The Morgan fingerprint density at radius 2 is 2.06 bits per heavy atom. The highest BCUT2D eigenvalue weighted by molar-refractivity contribution is 6.31. The first kappa shape index (κ1) is 14.0. The molecule has 0 amide bonds. The van der Waals surface area contributed by atoms with E-state index in [1.165, 1.54) is 10.9 Å². The number of aryl methyl sites for hydroxylation is 1. The summed E-state index contributed by atoms with van der Waals surface area (Å²) in [5.74, 6) is 0. The first-order valence-electron chi connectivity index (χ1n) is 5.80. The smallest absolute Gasteiger partial charge is 0.0703 e. The van der Waals surface area contributed by atoms with Gasteiger partial charge in [0, 0.05) is 16.5 Å². The van der Waals surface area contributed by atoms with Crippen LogP contribution in [-0.2, 0) is 6.42 Å². The minimum atomic E-state index is 0. The van der Waals surface area contributed by atoms with Crippen molar-refractivity contribution in [2.24, 2.45) is 0 Å². The second kappa shape index (κ2) is 5.52. The standard InChI is InChI=1S/C13H17ClN2.H3N/c1-4-5-12-11-8-10(14)6-7-13(11)16(15-12)9(2)3;/h6-9H,4-5H2,1-3H3;1H3.